The monoisotopic (exact) mass is 344 g/mol. The predicted octanol–water partition coefficient (Wildman–Crippen LogP) is 6.30. The largest absolute Gasteiger partial charge is 0.319 e. The normalized spacial score (nSPS) is 13.8. The molecule has 4 aromatic carbocycles. The predicted molar refractivity (Wildman–Crippen MR) is 111 cm³/mol. The van der Waals surface area contributed by atoms with Gasteiger partial charge in [0.25, 0.3) is 0 Å². The van der Waals surface area contributed by atoms with Gasteiger partial charge in [-0.2, -0.15) is 0 Å². The Labute approximate surface area is 148 Å². The molecule has 124 valence electrons. The molecule has 2 heteroatoms. The third kappa shape index (κ3) is 2.69. The Morgan fingerprint density at radius 1 is 0.720 bits per heavy atom. The summed E-state index contributed by atoms with van der Waals surface area (Å²) in [5, 5.41) is 5.77. The highest BCUT2D eigenvalue weighted by atomic mass is 31.2. The summed E-state index contributed by atoms with van der Waals surface area (Å²) in [5.74, 6) is 0. The Morgan fingerprint density at radius 3 is 2.04 bits per heavy atom. The Morgan fingerprint density at radius 2 is 1.32 bits per heavy atom. The van der Waals surface area contributed by atoms with Crippen molar-refractivity contribution in [1.82, 2.24) is 0 Å². The van der Waals surface area contributed by atoms with Crippen molar-refractivity contribution in [2.75, 3.05) is 12.8 Å². The summed E-state index contributed by atoms with van der Waals surface area (Å²) in [6, 6.07) is 27.4. The summed E-state index contributed by atoms with van der Waals surface area (Å²) < 4.78 is 13.4. The topological polar surface area (TPSA) is 17.1 Å². The van der Waals surface area contributed by atoms with Gasteiger partial charge in [0.1, 0.15) is 7.14 Å². The second-order valence-electron chi connectivity index (χ2n) is 6.62. The molecule has 1 atom stereocenters. The SMILES string of the molecule is CCP(C)(=O)c1ccc2ccccc2c1-c1cccc2ccccc12. The number of rotatable bonds is 3. The number of fused-ring (bicyclic) bond motifs is 2. The van der Waals surface area contributed by atoms with Gasteiger partial charge in [-0.25, -0.2) is 0 Å². The zero-order valence-corrected chi connectivity index (χ0v) is 15.5. The lowest BCUT2D eigenvalue weighted by molar-refractivity contribution is 0.585. The molecule has 0 saturated heterocycles. The van der Waals surface area contributed by atoms with Crippen molar-refractivity contribution in [2.45, 2.75) is 6.92 Å². The quantitative estimate of drug-likeness (QED) is 0.399. The van der Waals surface area contributed by atoms with Gasteiger partial charge in [-0.1, -0.05) is 85.8 Å². The molecule has 0 amide bonds. The smallest absolute Gasteiger partial charge is 0.113 e. The van der Waals surface area contributed by atoms with Crippen LogP contribution in [-0.2, 0) is 4.57 Å². The minimum atomic E-state index is -2.41. The van der Waals surface area contributed by atoms with Crippen LogP contribution < -0.4 is 5.30 Å². The Kier molecular flexibility index (Phi) is 3.98. The molecule has 0 N–H and O–H groups in total. The van der Waals surface area contributed by atoms with Crippen molar-refractivity contribution in [2.24, 2.45) is 0 Å². The molecule has 25 heavy (non-hydrogen) atoms. The number of hydrogen-bond donors (Lipinski definition) is 0. The molecule has 0 aliphatic carbocycles. The van der Waals surface area contributed by atoms with E-state index >= 15 is 0 Å². The summed E-state index contributed by atoms with van der Waals surface area (Å²) in [5.41, 5.74) is 2.29. The number of benzene rings is 4. The highest BCUT2D eigenvalue weighted by Gasteiger charge is 2.23. The van der Waals surface area contributed by atoms with Crippen LogP contribution in [0.4, 0.5) is 0 Å². The van der Waals surface area contributed by atoms with Crippen LogP contribution in [0, 0.1) is 0 Å². The summed E-state index contributed by atoms with van der Waals surface area (Å²) >= 11 is 0. The first-order chi connectivity index (χ1) is 12.1. The molecule has 0 aliphatic heterocycles. The van der Waals surface area contributed by atoms with Crippen molar-refractivity contribution in [3.8, 4) is 11.1 Å². The van der Waals surface area contributed by atoms with E-state index in [2.05, 4.69) is 78.9 Å². The van der Waals surface area contributed by atoms with Gasteiger partial charge >= 0.3 is 0 Å². The molecule has 4 rings (SSSR count). The zero-order valence-electron chi connectivity index (χ0n) is 14.6. The minimum absolute atomic E-state index is 0.670. The van der Waals surface area contributed by atoms with Gasteiger partial charge in [-0.05, 0) is 33.8 Å². The zero-order chi connectivity index (χ0) is 17.4. The molecule has 0 aliphatic rings. The summed E-state index contributed by atoms with van der Waals surface area (Å²) in [6.07, 6.45) is 0.670. The van der Waals surface area contributed by atoms with Gasteiger partial charge < -0.3 is 4.57 Å². The highest BCUT2D eigenvalue weighted by Crippen LogP contribution is 2.45. The Bertz CT molecular complexity index is 1120. The lowest BCUT2D eigenvalue weighted by Crippen LogP contribution is -2.10. The van der Waals surface area contributed by atoms with E-state index < -0.39 is 7.14 Å². The van der Waals surface area contributed by atoms with Crippen LogP contribution in [0.1, 0.15) is 6.92 Å². The van der Waals surface area contributed by atoms with Crippen LogP contribution in [0.15, 0.2) is 78.9 Å². The minimum Gasteiger partial charge on any atom is -0.319 e. The lowest BCUT2D eigenvalue weighted by Gasteiger charge is -2.20. The highest BCUT2D eigenvalue weighted by molar-refractivity contribution is 7.71. The summed E-state index contributed by atoms with van der Waals surface area (Å²) in [7, 11) is -2.41. The second kappa shape index (κ2) is 6.17. The lowest BCUT2D eigenvalue weighted by atomic mass is 9.94. The standard InChI is InChI=1S/C23H21OP/c1-3-25(2,24)22-16-15-18-10-5-7-13-20(18)23(22)21-14-8-11-17-9-4-6-12-19(17)21/h4-16H,3H2,1-2H3. The van der Waals surface area contributed by atoms with Crippen LogP contribution >= 0.6 is 7.14 Å². The summed E-state index contributed by atoms with van der Waals surface area (Å²) in [4.78, 5) is 0. The average Bonchev–Trinajstić information content (AvgIpc) is 2.66. The van der Waals surface area contributed by atoms with E-state index in [0.717, 1.165) is 10.9 Å². The summed E-state index contributed by atoms with van der Waals surface area (Å²) in [6.45, 7) is 3.93. The molecule has 4 aromatic rings. The van der Waals surface area contributed by atoms with Crippen molar-refractivity contribution in [3.05, 3.63) is 78.9 Å². The molecule has 1 unspecified atom stereocenters. The Balaban J connectivity index is 2.19. The maximum absolute atomic E-state index is 13.4. The van der Waals surface area contributed by atoms with Crippen molar-refractivity contribution >= 4 is 34.0 Å². The molecule has 0 bridgehead atoms. The first-order valence-corrected chi connectivity index (χ1v) is 11.0. The second-order valence-corrected chi connectivity index (χ2v) is 9.94. The van der Waals surface area contributed by atoms with E-state index in [1.807, 2.05) is 13.6 Å². The van der Waals surface area contributed by atoms with Gasteiger partial charge in [0.05, 0.1) is 0 Å². The van der Waals surface area contributed by atoms with Gasteiger partial charge in [-0.15, -0.1) is 0 Å². The van der Waals surface area contributed by atoms with Crippen LogP contribution in [0.25, 0.3) is 32.7 Å². The first kappa shape index (κ1) is 16.1. The third-order valence-corrected chi connectivity index (χ3v) is 7.68. The van der Waals surface area contributed by atoms with Gasteiger partial charge in [0.15, 0.2) is 0 Å². The van der Waals surface area contributed by atoms with Crippen LogP contribution in [0.5, 0.6) is 0 Å². The van der Waals surface area contributed by atoms with E-state index in [-0.39, 0.29) is 0 Å². The molecule has 0 fully saturated rings. The van der Waals surface area contributed by atoms with Crippen LogP contribution in [-0.4, -0.2) is 12.8 Å². The molecular weight excluding hydrogens is 323 g/mol. The van der Waals surface area contributed by atoms with Gasteiger partial charge in [0.2, 0.25) is 0 Å². The first-order valence-electron chi connectivity index (χ1n) is 8.69. The van der Waals surface area contributed by atoms with E-state index in [9.17, 15) is 4.57 Å². The molecule has 0 spiro atoms. The Hall–Kier alpha value is -2.37. The van der Waals surface area contributed by atoms with Crippen LogP contribution in [0.3, 0.4) is 0 Å². The number of hydrogen-bond acceptors (Lipinski definition) is 1. The van der Waals surface area contributed by atoms with E-state index in [1.165, 1.54) is 27.1 Å². The maximum Gasteiger partial charge on any atom is 0.113 e. The van der Waals surface area contributed by atoms with Crippen molar-refractivity contribution in [1.29, 1.82) is 0 Å². The van der Waals surface area contributed by atoms with Crippen molar-refractivity contribution < 1.29 is 4.57 Å². The maximum atomic E-state index is 13.4. The molecule has 0 heterocycles. The fourth-order valence-electron chi connectivity index (χ4n) is 3.55. The third-order valence-electron chi connectivity index (χ3n) is 5.08. The molecule has 0 saturated carbocycles. The fraction of sp³-hybridized carbons (Fsp3) is 0.130. The molecular formula is C23H21OP. The van der Waals surface area contributed by atoms with E-state index in [4.69, 9.17) is 0 Å². The molecule has 0 radical (unpaired) electrons. The van der Waals surface area contributed by atoms with E-state index in [1.54, 1.807) is 0 Å². The van der Waals surface area contributed by atoms with Gasteiger partial charge in [0, 0.05) is 17.0 Å². The molecule has 0 aromatic heterocycles. The van der Waals surface area contributed by atoms with E-state index in [0.29, 0.717) is 6.16 Å². The van der Waals surface area contributed by atoms with Gasteiger partial charge in [-0.3, -0.25) is 0 Å². The fourth-order valence-corrected chi connectivity index (χ4v) is 5.00. The van der Waals surface area contributed by atoms with Crippen molar-refractivity contribution in [3.63, 3.8) is 0 Å². The molecule has 1 nitrogen and oxygen atoms in total. The van der Waals surface area contributed by atoms with Crippen LogP contribution in [0.2, 0.25) is 0 Å². The average molecular weight is 344 g/mol.